The van der Waals surface area contributed by atoms with Crippen LogP contribution in [0, 0.1) is 19.3 Å². The second kappa shape index (κ2) is 9.23. The van der Waals surface area contributed by atoms with Crippen LogP contribution in [0.25, 0.3) is 0 Å². The fourth-order valence-electron chi connectivity index (χ4n) is 3.85. The van der Waals surface area contributed by atoms with Crippen molar-refractivity contribution in [3.8, 4) is 12.3 Å². The summed E-state index contributed by atoms with van der Waals surface area (Å²) in [5.41, 5.74) is 2.28. The average molecular weight is 374 g/mol. The van der Waals surface area contributed by atoms with Crippen LogP contribution in [0.3, 0.4) is 0 Å². The molecular weight excluding hydrogens is 348 g/mol. The first-order chi connectivity index (χ1) is 13.6. The van der Waals surface area contributed by atoms with Crippen LogP contribution >= 0.6 is 0 Å². The van der Waals surface area contributed by atoms with Crippen molar-refractivity contribution in [1.29, 1.82) is 0 Å². The van der Waals surface area contributed by atoms with Gasteiger partial charge in [-0.25, -0.2) is 0 Å². The van der Waals surface area contributed by atoms with Gasteiger partial charge in [-0.05, 0) is 42.9 Å². The summed E-state index contributed by atoms with van der Waals surface area (Å²) >= 11 is 0. The first kappa shape index (κ1) is 19.7. The smallest absolute Gasteiger partial charge is 0.303 e. The largest absolute Gasteiger partial charge is 0.351 e. The molecule has 1 unspecified atom stereocenters. The molecule has 144 valence electrons. The zero-order chi connectivity index (χ0) is 19.9. The summed E-state index contributed by atoms with van der Waals surface area (Å²) in [4.78, 5) is 27.6. The zero-order valence-corrected chi connectivity index (χ0v) is 16.2. The molecule has 1 atom stereocenters. The maximum absolute atomic E-state index is 13.4. The number of benzene rings is 2. The van der Waals surface area contributed by atoms with Crippen molar-refractivity contribution in [3.63, 3.8) is 0 Å². The number of carbonyl (C=O) groups is 2. The van der Waals surface area contributed by atoms with Crippen molar-refractivity contribution in [2.75, 3.05) is 4.90 Å². The van der Waals surface area contributed by atoms with E-state index in [1.54, 1.807) is 0 Å². The number of hydrogen-bond acceptors (Lipinski definition) is 2. The van der Waals surface area contributed by atoms with Gasteiger partial charge < -0.3 is 5.32 Å². The lowest BCUT2D eigenvalue weighted by Gasteiger charge is -2.33. The summed E-state index contributed by atoms with van der Waals surface area (Å²) in [6.45, 7) is 1.91. The standard InChI is InChI=1S/C24H26N2O2/c1-3-22(27)26(21-17-11-10-12-18(21)2)23(19-13-6-4-7-14-19)24(28)25-20-15-8-5-9-16-20/h1,4,6-7,10-14,17,20,23H,5,8-9,15-16H2,2H3,(H,25,28). The number of nitrogens with zero attached hydrogens (tertiary/aromatic N) is 1. The topological polar surface area (TPSA) is 49.4 Å². The summed E-state index contributed by atoms with van der Waals surface area (Å²) in [6, 6.07) is 16.2. The molecule has 2 aromatic rings. The Morgan fingerprint density at radius 2 is 1.68 bits per heavy atom. The first-order valence-corrected chi connectivity index (χ1v) is 9.82. The molecule has 2 aromatic carbocycles. The van der Waals surface area contributed by atoms with E-state index in [4.69, 9.17) is 6.42 Å². The van der Waals surface area contributed by atoms with Gasteiger partial charge in [0.1, 0.15) is 6.04 Å². The molecule has 0 saturated heterocycles. The van der Waals surface area contributed by atoms with Crippen molar-refractivity contribution in [1.82, 2.24) is 5.32 Å². The second-order valence-electron chi connectivity index (χ2n) is 7.26. The van der Waals surface area contributed by atoms with Crippen LogP contribution in [0.15, 0.2) is 54.6 Å². The Kier molecular flexibility index (Phi) is 6.49. The van der Waals surface area contributed by atoms with Gasteiger partial charge in [0.2, 0.25) is 5.91 Å². The molecule has 4 heteroatoms. The number of carbonyl (C=O) groups excluding carboxylic acids is 2. The number of para-hydroxylation sites is 1. The van der Waals surface area contributed by atoms with Crippen LogP contribution in [-0.4, -0.2) is 17.9 Å². The van der Waals surface area contributed by atoms with E-state index in [9.17, 15) is 9.59 Å². The molecule has 1 fully saturated rings. The van der Waals surface area contributed by atoms with Crippen molar-refractivity contribution < 1.29 is 9.59 Å². The highest BCUT2D eigenvalue weighted by Gasteiger charge is 2.34. The SMILES string of the molecule is C#CC(=O)N(c1ccccc1C)C(C(=O)NC1CCCCC1)c1ccccc1. The molecular formula is C24H26N2O2. The molecule has 2 amide bonds. The molecule has 4 nitrogen and oxygen atoms in total. The minimum atomic E-state index is -0.812. The van der Waals surface area contributed by atoms with Crippen molar-refractivity contribution in [2.24, 2.45) is 0 Å². The summed E-state index contributed by atoms with van der Waals surface area (Å²) in [6.07, 6.45) is 10.9. The van der Waals surface area contributed by atoms with Gasteiger partial charge in [-0.2, -0.15) is 0 Å². The summed E-state index contributed by atoms with van der Waals surface area (Å²) in [5, 5.41) is 3.16. The predicted octanol–water partition coefficient (Wildman–Crippen LogP) is 4.15. The highest BCUT2D eigenvalue weighted by Crippen LogP contribution is 2.31. The van der Waals surface area contributed by atoms with Crippen LogP contribution < -0.4 is 10.2 Å². The van der Waals surface area contributed by atoms with Crippen LogP contribution in [0.5, 0.6) is 0 Å². The third-order valence-electron chi connectivity index (χ3n) is 5.29. The Balaban J connectivity index is 2.02. The number of hydrogen-bond donors (Lipinski definition) is 1. The molecule has 0 bridgehead atoms. The Morgan fingerprint density at radius 1 is 1.04 bits per heavy atom. The van der Waals surface area contributed by atoms with Gasteiger partial charge in [-0.1, -0.05) is 67.8 Å². The summed E-state index contributed by atoms with van der Waals surface area (Å²) in [7, 11) is 0. The van der Waals surface area contributed by atoms with E-state index in [-0.39, 0.29) is 11.9 Å². The Hall–Kier alpha value is -3.06. The van der Waals surface area contributed by atoms with E-state index in [2.05, 4.69) is 11.2 Å². The van der Waals surface area contributed by atoms with Gasteiger partial charge in [0.05, 0.1) is 0 Å². The molecule has 1 N–H and O–H groups in total. The second-order valence-corrected chi connectivity index (χ2v) is 7.26. The number of anilines is 1. The van der Waals surface area contributed by atoms with E-state index in [0.29, 0.717) is 5.69 Å². The van der Waals surface area contributed by atoms with Gasteiger partial charge in [0.25, 0.3) is 0 Å². The molecule has 1 aliphatic rings. The Morgan fingerprint density at radius 3 is 2.32 bits per heavy atom. The van der Waals surface area contributed by atoms with Crippen LogP contribution in [0.2, 0.25) is 0 Å². The predicted molar refractivity (Wildman–Crippen MR) is 112 cm³/mol. The van der Waals surface area contributed by atoms with Gasteiger partial charge in [0, 0.05) is 11.7 Å². The first-order valence-electron chi connectivity index (χ1n) is 9.82. The highest BCUT2D eigenvalue weighted by molar-refractivity contribution is 6.10. The molecule has 28 heavy (non-hydrogen) atoms. The van der Waals surface area contributed by atoms with Crippen molar-refractivity contribution in [3.05, 3.63) is 65.7 Å². The van der Waals surface area contributed by atoms with E-state index in [1.807, 2.05) is 61.5 Å². The number of nitrogens with one attached hydrogen (secondary N) is 1. The fourth-order valence-corrected chi connectivity index (χ4v) is 3.85. The summed E-state index contributed by atoms with van der Waals surface area (Å²) < 4.78 is 0. The molecule has 0 aromatic heterocycles. The molecule has 0 aliphatic heterocycles. The number of amides is 2. The lowest BCUT2D eigenvalue weighted by molar-refractivity contribution is -0.125. The molecule has 1 saturated carbocycles. The van der Waals surface area contributed by atoms with Crippen LogP contribution in [-0.2, 0) is 9.59 Å². The lowest BCUT2D eigenvalue weighted by Crippen LogP contribution is -2.47. The Labute approximate surface area is 166 Å². The van der Waals surface area contributed by atoms with Crippen molar-refractivity contribution in [2.45, 2.75) is 51.1 Å². The van der Waals surface area contributed by atoms with Gasteiger partial charge in [-0.15, -0.1) is 6.42 Å². The minimum absolute atomic E-state index is 0.145. The molecule has 0 radical (unpaired) electrons. The number of rotatable bonds is 5. The molecule has 1 aliphatic carbocycles. The summed E-state index contributed by atoms with van der Waals surface area (Å²) in [5.74, 6) is 1.49. The van der Waals surface area contributed by atoms with Gasteiger partial charge in [0.15, 0.2) is 0 Å². The van der Waals surface area contributed by atoms with Gasteiger partial charge in [-0.3, -0.25) is 14.5 Å². The lowest BCUT2D eigenvalue weighted by atomic mass is 9.94. The zero-order valence-electron chi connectivity index (χ0n) is 16.2. The number of aryl methyl sites for hydroxylation is 1. The van der Waals surface area contributed by atoms with E-state index in [0.717, 1.165) is 36.8 Å². The van der Waals surface area contributed by atoms with E-state index in [1.165, 1.54) is 11.3 Å². The maximum Gasteiger partial charge on any atom is 0.303 e. The fraction of sp³-hybridized carbons (Fsp3) is 0.333. The molecule has 3 rings (SSSR count). The number of terminal acetylenes is 1. The quantitative estimate of drug-likeness (QED) is 0.799. The average Bonchev–Trinajstić information content (AvgIpc) is 2.73. The monoisotopic (exact) mass is 374 g/mol. The highest BCUT2D eigenvalue weighted by atomic mass is 16.2. The van der Waals surface area contributed by atoms with Crippen LogP contribution in [0.4, 0.5) is 5.69 Å². The van der Waals surface area contributed by atoms with E-state index < -0.39 is 11.9 Å². The molecule has 0 spiro atoms. The maximum atomic E-state index is 13.4. The van der Waals surface area contributed by atoms with E-state index >= 15 is 0 Å². The van der Waals surface area contributed by atoms with Crippen molar-refractivity contribution >= 4 is 17.5 Å². The molecule has 0 heterocycles. The normalized spacial score (nSPS) is 15.3. The van der Waals surface area contributed by atoms with Crippen LogP contribution in [0.1, 0.15) is 49.3 Å². The third-order valence-corrected chi connectivity index (χ3v) is 5.29. The Bertz CT molecular complexity index is 864. The minimum Gasteiger partial charge on any atom is -0.351 e. The third kappa shape index (κ3) is 4.43. The van der Waals surface area contributed by atoms with Gasteiger partial charge >= 0.3 is 5.91 Å².